The Balaban J connectivity index is 1.32. The van der Waals surface area contributed by atoms with Crippen LogP contribution in [0.2, 0.25) is 0 Å². The summed E-state index contributed by atoms with van der Waals surface area (Å²) in [7, 11) is 0. The largest absolute Gasteiger partial charge is 0.452 e. The Bertz CT molecular complexity index is 848. The second-order valence-corrected chi connectivity index (χ2v) is 8.82. The lowest BCUT2D eigenvalue weighted by Gasteiger charge is -2.58. The van der Waals surface area contributed by atoms with E-state index in [4.69, 9.17) is 9.15 Å². The van der Waals surface area contributed by atoms with E-state index in [1.807, 2.05) is 30.3 Å². The van der Waals surface area contributed by atoms with E-state index in [0.717, 1.165) is 37.7 Å². The lowest BCUT2D eigenvalue weighted by Crippen LogP contribution is -2.58. The van der Waals surface area contributed by atoms with Crippen molar-refractivity contribution in [1.82, 2.24) is 10.2 Å². The van der Waals surface area contributed by atoms with E-state index < -0.39 is 17.1 Å². The molecule has 6 nitrogen and oxygen atoms in total. The van der Waals surface area contributed by atoms with E-state index in [-0.39, 0.29) is 5.97 Å². The van der Waals surface area contributed by atoms with Crippen LogP contribution in [0.4, 0.5) is 0 Å². The molecule has 142 valence electrons. The molecule has 27 heavy (non-hydrogen) atoms. The van der Waals surface area contributed by atoms with Gasteiger partial charge in [-0.2, -0.15) is 0 Å². The maximum atomic E-state index is 13.1. The molecule has 6 heteroatoms. The van der Waals surface area contributed by atoms with Crippen molar-refractivity contribution in [2.75, 3.05) is 0 Å². The molecule has 4 bridgehead atoms. The van der Waals surface area contributed by atoms with Gasteiger partial charge in [0.1, 0.15) is 0 Å². The highest BCUT2D eigenvalue weighted by Crippen LogP contribution is 2.62. The second kappa shape index (κ2) is 5.89. The van der Waals surface area contributed by atoms with E-state index in [2.05, 4.69) is 10.2 Å². The molecule has 4 aliphatic carbocycles. The average molecular weight is 368 g/mol. The van der Waals surface area contributed by atoms with Crippen LogP contribution >= 0.6 is 0 Å². The number of ether oxygens (including phenoxy) is 1. The molecule has 4 fully saturated rings. The lowest BCUT2D eigenvalue weighted by atomic mass is 9.48. The van der Waals surface area contributed by atoms with Crippen LogP contribution in [0.25, 0.3) is 11.5 Å². The fourth-order valence-electron chi connectivity index (χ4n) is 5.89. The number of hydrogen-bond donors (Lipinski definition) is 1. The normalized spacial score (nSPS) is 35.2. The molecule has 0 aliphatic heterocycles. The summed E-state index contributed by atoms with van der Waals surface area (Å²) in [6, 6.07) is 9.51. The fraction of sp³-hybridized carbons (Fsp3) is 0.571. The molecule has 4 aliphatic rings. The van der Waals surface area contributed by atoms with Gasteiger partial charge < -0.3 is 14.3 Å². The first kappa shape index (κ1) is 16.9. The van der Waals surface area contributed by atoms with Gasteiger partial charge in [0.05, 0.1) is 11.0 Å². The number of carbonyl (C=O) groups is 1. The minimum atomic E-state index is -0.683. The van der Waals surface area contributed by atoms with Gasteiger partial charge in [-0.15, -0.1) is 10.2 Å². The van der Waals surface area contributed by atoms with Crippen LogP contribution in [-0.4, -0.2) is 26.9 Å². The molecular weight excluding hydrogens is 344 g/mol. The molecule has 6 rings (SSSR count). The zero-order valence-electron chi connectivity index (χ0n) is 15.4. The molecule has 1 aromatic heterocycles. The van der Waals surface area contributed by atoms with Gasteiger partial charge in [-0.25, -0.2) is 0 Å². The van der Waals surface area contributed by atoms with Crippen LogP contribution in [0, 0.1) is 17.3 Å². The maximum absolute atomic E-state index is 13.1. The molecule has 1 N–H and O–H groups in total. The number of nitrogens with zero attached hydrogens (tertiary/aromatic N) is 2. The van der Waals surface area contributed by atoms with Crippen LogP contribution in [0.1, 0.15) is 57.4 Å². The summed E-state index contributed by atoms with van der Waals surface area (Å²) < 4.78 is 11.5. The van der Waals surface area contributed by atoms with Crippen molar-refractivity contribution in [1.29, 1.82) is 0 Å². The first-order valence-corrected chi connectivity index (χ1v) is 9.77. The minimum absolute atomic E-state index is 0.220. The number of benzene rings is 1. The number of carbonyl (C=O) groups excluding carboxylic acids is 1. The van der Waals surface area contributed by atoms with E-state index >= 15 is 0 Å². The summed E-state index contributed by atoms with van der Waals surface area (Å²) >= 11 is 0. The zero-order valence-corrected chi connectivity index (χ0v) is 15.4. The molecule has 5 atom stereocenters. The predicted molar refractivity (Wildman–Crippen MR) is 96.3 cm³/mol. The monoisotopic (exact) mass is 368 g/mol. The Morgan fingerprint density at radius 3 is 2.56 bits per heavy atom. The van der Waals surface area contributed by atoms with Crippen LogP contribution in [-0.2, 0) is 9.53 Å². The standard InChI is InChI=1S/C21H24N2O4/c1-13(17-22-23-18(27-17)16-5-3-2-4-6-16)26-19(24)20-8-14-7-15(9-20)11-21(25,10-14)12-20/h2-6,13-15,25H,7-12H2,1H3/t13-,14-,15+,20?,21?/m0/s1. The van der Waals surface area contributed by atoms with Crippen molar-refractivity contribution >= 4 is 5.97 Å². The van der Waals surface area contributed by atoms with Gasteiger partial charge in [0.15, 0.2) is 6.10 Å². The highest BCUT2D eigenvalue weighted by atomic mass is 16.6. The summed E-state index contributed by atoms with van der Waals surface area (Å²) in [5, 5.41) is 19.0. The molecule has 0 saturated heterocycles. The second-order valence-electron chi connectivity index (χ2n) is 8.82. The van der Waals surface area contributed by atoms with Crippen LogP contribution in [0.15, 0.2) is 34.7 Å². The van der Waals surface area contributed by atoms with E-state index in [1.54, 1.807) is 6.92 Å². The third-order valence-electron chi connectivity index (χ3n) is 6.56. The molecule has 0 spiro atoms. The quantitative estimate of drug-likeness (QED) is 0.829. The topological polar surface area (TPSA) is 85.5 Å². The highest BCUT2D eigenvalue weighted by molar-refractivity contribution is 5.78. The van der Waals surface area contributed by atoms with Gasteiger partial charge in [-0.05, 0) is 69.4 Å². The Morgan fingerprint density at radius 1 is 1.19 bits per heavy atom. The first-order chi connectivity index (χ1) is 12.9. The fourth-order valence-corrected chi connectivity index (χ4v) is 5.89. The maximum Gasteiger partial charge on any atom is 0.312 e. The Morgan fingerprint density at radius 2 is 1.89 bits per heavy atom. The van der Waals surface area contributed by atoms with E-state index in [9.17, 15) is 9.90 Å². The third kappa shape index (κ3) is 2.87. The summed E-state index contributed by atoms with van der Waals surface area (Å²) in [4.78, 5) is 13.1. The van der Waals surface area contributed by atoms with Crippen molar-refractivity contribution in [2.45, 2.75) is 57.2 Å². The first-order valence-electron chi connectivity index (χ1n) is 9.77. The van der Waals surface area contributed by atoms with Gasteiger partial charge in [-0.3, -0.25) is 4.79 Å². The van der Waals surface area contributed by atoms with Gasteiger partial charge in [0, 0.05) is 5.56 Å². The third-order valence-corrected chi connectivity index (χ3v) is 6.56. The SMILES string of the molecule is C[C@H](OC(=O)C12C[C@@H]3C[C@@H](CC(O)(C3)C1)C2)c1nnc(-c2ccccc2)o1. The van der Waals surface area contributed by atoms with Crippen molar-refractivity contribution in [2.24, 2.45) is 17.3 Å². The summed E-state index contributed by atoms with van der Waals surface area (Å²) in [6.07, 6.45) is 4.38. The molecule has 0 amide bonds. The number of rotatable bonds is 4. The van der Waals surface area contributed by atoms with Gasteiger partial charge in [0.2, 0.25) is 5.89 Å². The molecule has 2 unspecified atom stereocenters. The van der Waals surface area contributed by atoms with E-state index in [0.29, 0.717) is 30.0 Å². The van der Waals surface area contributed by atoms with Gasteiger partial charge >= 0.3 is 5.97 Å². The lowest BCUT2D eigenvalue weighted by molar-refractivity contribution is -0.200. The Hall–Kier alpha value is -2.21. The number of aliphatic hydroxyl groups is 1. The molecular formula is C21H24N2O4. The molecule has 1 heterocycles. The number of esters is 1. The summed E-state index contributed by atoms with van der Waals surface area (Å²) in [5.74, 6) is 1.37. The van der Waals surface area contributed by atoms with E-state index in [1.165, 1.54) is 0 Å². The highest BCUT2D eigenvalue weighted by Gasteiger charge is 2.61. The van der Waals surface area contributed by atoms with Gasteiger partial charge in [-0.1, -0.05) is 18.2 Å². The Kier molecular flexibility index (Phi) is 3.69. The van der Waals surface area contributed by atoms with Crippen LogP contribution in [0.3, 0.4) is 0 Å². The number of aromatic nitrogens is 2. The molecule has 2 aromatic rings. The van der Waals surface area contributed by atoms with Crippen LogP contribution < -0.4 is 0 Å². The molecule has 4 saturated carbocycles. The summed E-state index contributed by atoms with van der Waals surface area (Å²) in [6.45, 7) is 1.76. The molecule has 1 aromatic carbocycles. The zero-order chi connectivity index (χ0) is 18.6. The average Bonchev–Trinajstić information content (AvgIpc) is 3.10. The van der Waals surface area contributed by atoms with Gasteiger partial charge in [0.25, 0.3) is 5.89 Å². The van der Waals surface area contributed by atoms with Crippen molar-refractivity contribution < 1.29 is 19.1 Å². The Labute approximate surface area is 157 Å². The minimum Gasteiger partial charge on any atom is -0.452 e. The van der Waals surface area contributed by atoms with Crippen molar-refractivity contribution in [3.05, 3.63) is 36.2 Å². The van der Waals surface area contributed by atoms with Crippen molar-refractivity contribution in [3.8, 4) is 11.5 Å². The van der Waals surface area contributed by atoms with Crippen molar-refractivity contribution in [3.63, 3.8) is 0 Å². The van der Waals surface area contributed by atoms with Crippen LogP contribution in [0.5, 0.6) is 0 Å². The summed E-state index contributed by atoms with van der Waals surface area (Å²) in [5.41, 5.74) is -0.398. The molecule has 0 radical (unpaired) electrons. The number of hydrogen-bond acceptors (Lipinski definition) is 6. The predicted octanol–water partition coefficient (Wildman–Crippen LogP) is 3.67. The smallest absolute Gasteiger partial charge is 0.312 e.